The molecular weight excluding hydrogens is 511 g/mol. The number of halogens is 3. The number of nitrogens with zero attached hydrogens (tertiary/aromatic N) is 3. The second-order valence-electron chi connectivity index (χ2n) is 6.76. The third kappa shape index (κ3) is 5.80. The fourth-order valence-corrected chi connectivity index (χ4v) is 4.14. The number of nitrogens with one attached hydrogen (secondary N) is 1. The molecule has 0 radical (unpaired) electrons. The maximum absolute atomic E-state index is 12.8. The number of carbonyl (C=O) groups excluding carboxylic acids is 1. The van der Waals surface area contributed by atoms with Crippen LogP contribution in [0.2, 0.25) is 15.1 Å². The largest absolute Gasteiger partial charge is 0.494 e. The molecular formula is C21H17Cl3N4O4S. The van der Waals surface area contributed by atoms with E-state index in [9.17, 15) is 19.5 Å². The van der Waals surface area contributed by atoms with Crippen LogP contribution in [0, 0.1) is 0 Å². The Morgan fingerprint density at radius 3 is 2.30 bits per heavy atom. The minimum Gasteiger partial charge on any atom is -0.494 e. The van der Waals surface area contributed by atoms with Gasteiger partial charge in [-0.25, -0.2) is 9.79 Å². The van der Waals surface area contributed by atoms with E-state index in [1.807, 2.05) is 0 Å². The van der Waals surface area contributed by atoms with Crippen molar-refractivity contribution in [2.45, 2.75) is 0 Å². The van der Waals surface area contributed by atoms with Gasteiger partial charge in [-0.1, -0.05) is 46.6 Å². The molecule has 0 saturated carbocycles. The fraction of sp³-hybridized carbons (Fsp3) is 0.143. The van der Waals surface area contributed by atoms with E-state index in [-0.39, 0.29) is 21.4 Å². The third-order valence-corrected chi connectivity index (χ3v) is 6.23. The van der Waals surface area contributed by atoms with E-state index in [2.05, 4.69) is 10.3 Å². The van der Waals surface area contributed by atoms with Gasteiger partial charge in [-0.2, -0.15) is 0 Å². The van der Waals surface area contributed by atoms with Crippen LogP contribution in [0.25, 0.3) is 0 Å². The summed E-state index contributed by atoms with van der Waals surface area (Å²) in [5.74, 6) is -1.17. The highest BCUT2D eigenvalue weighted by molar-refractivity contribution is 8.15. The highest BCUT2D eigenvalue weighted by Gasteiger charge is 2.22. The zero-order chi connectivity index (χ0) is 24.3. The van der Waals surface area contributed by atoms with Crippen LogP contribution in [0.1, 0.15) is 5.56 Å². The second-order valence-corrected chi connectivity index (χ2v) is 9.00. The van der Waals surface area contributed by atoms with Crippen LogP contribution in [0.3, 0.4) is 0 Å². The number of aliphatic imine (C=N–C) groups is 1. The van der Waals surface area contributed by atoms with Crippen LogP contribution < -0.4 is 16.6 Å². The maximum Gasteiger partial charge on any atom is 0.333 e. The highest BCUT2D eigenvalue weighted by atomic mass is 35.5. The smallest absolute Gasteiger partial charge is 0.333 e. The summed E-state index contributed by atoms with van der Waals surface area (Å²) >= 11 is 18.8. The molecule has 0 fully saturated rings. The fourth-order valence-electron chi connectivity index (χ4n) is 2.72. The Balaban J connectivity index is 1.97. The van der Waals surface area contributed by atoms with E-state index in [0.717, 1.165) is 20.9 Å². The molecule has 8 nitrogen and oxygen atoms in total. The average molecular weight is 528 g/mol. The summed E-state index contributed by atoms with van der Waals surface area (Å²) < 4.78 is 1.77. The predicted molar refractivity (Wildman–Crippen MR) is 134 cm³/mol. The summed E-state index contributed by atoms with van der Waals surface area (Å²) in [5, 5.41) is 14.4. The number of benzene rings is 2. The molecule has 0 bridgehead atoms. The number of rotatable bonds is 5. The first kappa shape index (κ1) is 24.9. The van der Waals surface area contributed by atoms with Crippen molar-refractivity contribution in [3.05, 3.63) is 83.9 Å². The van der Waals surface area contributed by atoms with Crippen LogP contribution in [0.15, 0.2) is 57.0 Å². The summed E-state index contributed by atoms with van der Waals surface area (Å²) in [6.45, 7) is 0. The Morgan fingerprint density at radius 1 is 1.03 bits per heavy atom. The van der Waals surface area contributed by atoms with Gasteiger partial charge in [0.25, 0.3) is 5.56 Å². The summed E-state index contributed by atoms with van der Waals surface area (Å²) in [6, 6.07) is 11.1. The average Bonchev–Trinajstić information content (AvgIpc) is 2.78. The molecule has 1 aromatic heterocycles. The monoisotopic (exact) mass is 526 g/mol. The summed E-state index contributed by atoms with van der Waals surface area (Å²) in [4.78, 5) is 41.9. The molecule has 2 aromatic carbocycles. The summed E-state index contributed by atoms with van der Waals surface area (Å²) in [5.41, 5.74) is -0.872. The molecule has 0 aliphatic rings. The molecule has 1 heterocycles. The zero-order valence-electron chi connectivity index (χ0n) is 17.3. The topological polar surface area (TPSA) is 106 Å². The van der Waals surface area contributed by atoms with E-state index in [0.29, 0.717) is 21.4 Å². The summed E-state index contributed by atoms with van der Waals surface area (Å²) in [7, 11) is 2.61. The van der Waals surface area contributed by atoms with Gasteiger partial charge in [0.15, 0.2) is 0 Å². The van der Waals surface area contributed by atoms with Crippen molar-refractivity contribution in [2.24, 2.45) is 19.1 Å². The molecule has 0 atom stereocenters. The standard InChI is InChI=1S/C21H17Cl3N4O4S/c1-27-19(30)17(20(31)28(2)21(27)32)18(25-13-6-3-11(22)4-7-13)33-10-16(29)26-15-8-5-12(23)9-14(15)24/h3-9,30H,10H2,1-2H3,(H,26,29). The highest BCUT2D eigenvalue weighted by Crippen LogP contribution is 2.27. The van der Waals surface area contributed by atoms with Gasteiger partial charge in [-0.05, 0) is 42.5 Å². The molecule has 3 aromatic rings. The van der Waals surface area contributed by atoms with Crippen molar-refractivity contribution in [1.29, 1.82) is 0 Å². The van der Waals surface area contributed by atoms with E-state index in [1.165, 1.54) is 20.2 Å². The third-order valence-electron chi connectivity index (χ3n) is 4.45. The van der Waals surface area contributed by atoms with E-state index in [4.69, 9.17) is 34.8 Å². The summed E-state index contributed by atoms with van der Waals surface area (Å²) in [6.07, 6.45) is 0. The van der Waals surface area contributed by atoms with Crippen molar-refractivity contribution >= 4 is 68.9 Å². The van der Waals surface area contributed by atoms with Gasteiger partial charge in [-0.15, -0.1) is 0 Å². The first-order valence-corrected chi connectivity index (χ1v) is 11.4. The minimum atomic E-state index is -0.753. The Bertz CT molecular complexity index is 1370. The lowest BCUT2D eigenvalue weighted by atomic mass is 10.3. The number of anilines is 1. The van der Waals surface area contributed by atoms with Crippen molar-refractivity contribution in [3.8, 4) is 5.88 Å². The Kier molecular flexibility index (Phi) is 7.91. The molecule has 3 rings (SSSR count). The Labute approximate surface area is 207 Å². The van der Waals surface area contributed by atoms with Gasteiger partial charge in [0.05, 0.1) is 22.2 Å². The number of thioether (sulfide) groups is 1. The number of amides is 1. The molecule has 0 spiro atoms. The van der Waals surface area contributed by atoms with Crippen molar-refractivity contribution in [2.75, 3.05) is 11.1 Å². The number of hydrogen-bond acceptors (Lipinski definition) is 6. The van der Waals surface area contributed by atoms with E-state index in [1.54, 1.807) is 36.4 Å². The first-order chi connectivity index (χ1) is 15.6. The van der Waals surface area contributed by atoms with Crippen LogP contribution in [0.4, 0.5) is 11.4 Å². The van der Waals surface area contributed by atoms with Crippen LogP contribution >= 0.6 is 46.6 Å². The van der Waals surface area contributed by atoms with Gasteiger partial charge in [-0.3, -0.25) is 18.7 Å². The van der Waals surface area contributed by atoms with Crippen molar-refractivity contribution in [1.82, 2.24) is 9.13 Å². The van der Waals surface area contributed by atoms with Crippen molar-refractivity contribution in [3.63, 3.8) is 0 Å². The number of hydrogen-bond donors (Lipinski definition) is 2. The molecule has 172 valence electrons. The molecule has 0 aliphatic carbocycles. The van der Waals surface area contributed by atoms with Gasteiger partial charge in [0.2, 0.25) is 11.8 Å². The van der Waals surface area contributed by atoms with Crippen LogP contribution in [-0.4, -0.2) is 30.9 Å². The lowest BCUT2D eigenvalue weighted by molar-refractivity contribution is -0.113. The van der Waals surface area contributed by atoms with Crippen LogP contribution in [0.5, 0.6) is 5.88 Å². The van der Waals surface area contributed by atoms with Crippen molar-refractivity contribution < 1.29 is 9.90 Å². The molecule has 0 aliphatic heterocycles. The lowest BCUT2D eigenvalue weighted by Gasteiger charge is -2.13. The van der Waals surface area contributed by atoms with Gasteiger partial charge in [0.1, 0.15) is 10.6 Å². The van der Waals surface area contributed by atoms with Gasteiger partial charge in [0, 0.05) is 24.1 Å². The number of aromatic hydroxyl groups is 1. The minimum absolute atomic E-state index is 0.0448. The molecule has 0 unspecified atom stereocenters. The molecule has 1 amide bonds. The number of carbonyl (C=O) groups is 1. The molecule has 0 saturated heterocycles. The quantitative estimate of drug-likeness (QED) is 0.382. The second kappa shape index (κ2) is 10.5. The molecule has 33 heavy (non-hydrogen) atoms. The van der Waals surface area contributed by atoms with E-state index >= 15 is 0 Å². The normalized spacial score (nSPS) is 11.5. The Hall–Kier alpha value is -2.72. The zero-order valence-corrected chi connectivity index (χ0v) is 20.4. The molecule has 2 N–H and O–H groups in total. The predicted octanol–water partition coefficient (Wildman–Crippen LogP) is 4.20. The van der Waals surface area contributed by atoms with E-state index < -0.39 is 23.0 Å². The van der Waals surface area contributed by atoms with Crippen LogP contribution in [-0.2, 0) is 18.9 Å². The Morgan fingerprint density at radius 2 is 1.67 bits per heavy atom. The maximum atomic E-state index is 12.8. The lowest BCUT2D eigenvalue weighted by Crippen LogP contribution is -2.39. The SMILES string of the molecule is Cn1c(O)c(C(=Nc2ccc(Cl)cc2)SCC(=O)Nc2ccc(Cl)cc2Cl)c(=O)n(C)c1=O. The van der Waals surface area contributed by atoms with Gasteiger partial charge >= 0.3 is 5.69 Å². The van der Waals surface area contributed by atoms with Gasteiger partial charge < -0.3 is 10.4 Å². The molecule has 12 heteroatoms. The number of aromatic nitrogens is 2. The first-order valence-electron chi connectivity index (χ1n) is 9.29.